The van der Waals surface area contributed by atoms with Crippen LogP contribution in [-0.2, 0) is 10.0 Å². The molecule has 0 radical (unpaired) electrons. The van der Waals surface area contributed by atoms with E-state index in [4.69, 9.17) is 11.6 Å². The van der Waals surface area contributed by atoms with Gasteiger partial charge in [-0.25, -0.2) is 8.42 Å². The van der Waals surface area contributed by atoms with Gasteiger partial charge >= 0.3 is 0 Å². The van der Waals surface area contributed by atoms with Crippen molar-refractivity contribution in [3.05, 3.63) is 28.8 Å². The molecule has 102 valence electrons. The van der Waals surface area contributed by atoms with Crippen LogP contribution in [0.2, 0.25) is 5.02 Å². The van der Waals surface area contributed by atoms with Crippen LogP contribution in [0.1, 0.15) is 5.56 Å². The van der Waals surface area contributed by atoms with Crippen LogP contribution in [0.15, 0.2) is 23.1 Å². The maximum absolute atomic E-state index is 12.3. The van der Waals surface area contributed by atoms with E-state index in [1.165, 1.54) is 4.31 Å². The van der Waals surface area contributed by atoms with E-state index < -0.39 is 10.0 Å². The second-order valence-corrected chi connectivity index (χ2v) is 6.40. The Kier molecular flexibility index (Phi) is 5.43. The van der Waals surface area contributed by atoms with Gasteiger partial charge < -0.3 is 5.32 Å². The SMILES string of the molecule is Cc1ccc(S(=O)(=O)N2CCNCC2)c(Cl)c1.Cl. The normalized spacial score (nSPS) is 17.2. The lowest BCUT2D eigenvalue weighted by molar-refractivity contribution is 0.360. The van der Waals surface area contributed by atoms with Gasteiger partial charge in [-0.05, 0) is 24.6 Å². The monoisotopic (exact) mass is 310 g/mol. The van der Waals surface area contributed by atoms with Gasteiger partial charge in [0.1, 0.15) is 4.90 Å². The van der Waals surface area contributed by atoms with Crippen LogP contribution in [0.3, 0.4) is 0 Å². The molecule has 7 heteroatoms. The summed E-state index contributed by atoms with van der Waals surface area (Å²) in [6.07, 6.45) is 0. The van der Waals surface area contributed by atoms with Crippen LogP contribution in [0.25, 0.3) is 0 Å². The fraction of sp³-hybridized carbons (Fsp3) is 0.455. The van der Waals surface area contributed by atoms with Crippen molar-refractivity contribution in [3.63, 3.8) is 0 Å². The number of rotatable bonds is 2. The first-order valence-corrected chi connectivity index (χ1v) is 7.30. The Hall–Kier alpha value is -0.330. The van der Waals surface area contributed by atoms with Crippen LogP contribution >= 0.6 is 24.0 Å². The standard InChI is InChI=1S/C11H15ClN2O2S.ClH/c1-9-2-3-11(10(12)8-9)17(15,16)14-6-4-13-5-7-14;/h2-3,8,13H,4-7H2,1H3;1H. The number of hydrogen-bond acceptors (Lipinski definition) is 3. The van der Waals surface area contributed by atoms with Crippen LogP contribution in [-0.4, -0.2) is 38.9 Å². The lowest BCUT2D eigenvalue weighted by Crippen LogP contribution is -2.46. The number of nitrogens with one attached hydrogen (secondary N) is 1. The molecule has 0 amide bonds. The summed E-state index contributed by atoms with van der Waals surface area (Å²) in [7, 11) is -3.45. The molecule has 0 saturated carbocycles. The van der Waals surface area contributed by atoms with Crippen molar-refractivity contribution in [2.45, 2.75) is 11.8 Å². The Bertz CT molecular complexity index is 514. The van der Waals surface area contributed by atoms with Crippen LogP contribution in [0, 0.1) is 6.92 Å². The molecule has 1 saturated heterocycles. The van der Waals surface area contributed by atoms with Crippen LogP contribution in [0.4, 0.5) is 0 Å². The number of aryl methyl sites for hydroxylation is 1. The molecular weight excluding hydrogens is 295 g/mol. The first-order valence-electron chi connectivity index (χ1n) is 5.49. The summed E-state index contributed by atoms with van der Waals surface area (Å²) in [5.74, 6) is 0. The van der Waals surface area contributed by atoms with Gasteiger partial charge in [0.25, 0.3) is 0 Å². The van der Waals surface area contributed by atoms with Gasteiger partial charge in [-0.1, -0.05) is 17.7 Å². The third-order valence-corrected chi connectivity index (χ3v) is 5.16. The minimum absolute atomic E-state index is 0. The van der Waals surface area contributed by atoms with Crippen molar-refractivity contribution in [3.8, 4) is 0 Å². The highest BCUT2D eigenvalue weighted by Crippen LogP contribution is 2.25. The second-order valence-electron chi connectivity index (χ2n) is 4.09. The van der Waals surface area contributed by atoms with E-state index in [0.717, 1.165) is 5.56 Å². The first-order chi connectivity index (χ1) is 8.01. The summed E-state index contributed by atoms with van der Waals surface area (Å²) in [6, 6.07) is 5.02. The largest absolute Gasteiger partial charge is 0.314 e. The van der Waals surface area contributed by atoms with Crippen LogP contribution < -0.4 is 5.32 Å². The predicted molar refractivity (Wildman–Crippen MR) is 75.1 cm³/mol. The molecule has 1 fully saturated rings. The quantitative estimate of drug-likeness (QED) is 0.904. The van der Waals surface area contributed by atoms with Gasteiger partial charge in [0.2, 0.25) is 10.0 Å². The maximum Gasteiger partial charge on any atom is 0.244 e. The molecule has 1 N–H and O–H groups in total. The van der Waals surface area contributed by atoms with E-state index in [9.17, 15) is 8.42 Å². The Morgan fingerprint density at radius 3 is 2.44 bits per heavy atom. The van der Waals surface area contributed by atoms with E-state index in [1.807, 2.05) is 6.92 Å². The van der Waals surface area contributed by atoms with E-state index in [0.29, 0.717) is 31.2 Å². The van der Waals surface area contributed by atoms with E-state index >= 15 is 0 Å². The highest BCUT2D eigenvalue weighted by molar-refractivity contribution is 7.89. The summed E-state index contributed by atoms with van der Waals surface area (Å²) >= 11 is 6.01. The predicted octanol–water partition coefficient (Wildman–Crippen LogP) is 1.66. The summed E-state index contributed by atoms with van der Waals surface area (Å²) in [6.45, 7) is 4.23. The van der Waals surface area contributed by atoms with Crippen molar-refractivity contribution in [2.24, 2.45) is 0 Å². The Morgan fingerprint density at radius 2 is 1.89 bits per heavy atom. The topological polar surface area (TPSA) is 49.4 Å². The van der Waals surface area contributed by atoms with Crippen molar-refractivity contribution in [2.75, 3.05) is 26.2 Å². The highest BCUT2D eigenvalue weighted by atomic mass is 35.5. The average molecular weight is 311 g/mol. The zero-order chi connectivity index (χ0) is 12.5. The smallest absolute Gasteiger partial charge is 0.244 e. The molecule has 1 aromatic rings. The lowest BCUT2D eigenvalue weighted by atomic mass is 10.2. The van der Waals surface area contributed by atoms with E-state index in [1.54, 1.807) is 18.2 Å². The van der Waals surface area contributed by atoms with Gasteiger partial charge in [0.05, 0.1) is 5.02 Å². The lowest BCUT2D eigenvalue weighted by Gasteiger charge is -2.26. The van der Waals surface area contributed by atoms with Gasteiger partial charge in [-0.15, -0.1) is 12.4 Å². The second kappa shape index (κ2) is 6.21. The van der Waals surface area contributed by atoms with E-state index in [2.05, 4.69) is 5.32 Å². The maximum atomic E-state index is 12.3. The van der Waals surface area contributed by atoms with Gasteiger partial charge in [0, 0.05) is 26.2 Å². The number of benzene rings is 1. The number of sulfonamides is 1. The fourth-order valence-electron chi connectivity index (χ4n) is 1.84. The molecule has 0 spiro atoms. The molecular formula is C11H16Cl2N2O2S. The molecule has 1 aromatic carbocycles. The minimum atomic E-state index is -3.45. The third kappa shape index (κ3) is 3.16. The Labute approximate surface area is 119 Å². The molecule has 2 rings (SSSR count). The molecule has 0 unspecified atom stereocenters. The molecule has 1 heterocycles. The summed E-state index contributed by atoms with van der Waals surface area (Å²) in [4.78, 5) is 0.201. The van der Waals surface area contributed by atoms with Crippen molar-refractivity contribution < 1.29 is 8.42 Å². The number of nitrogens with zero attached hydrogens (tertiary/aromatic N) is 1. The summed E-state index contributed by atoms with van der Waals surface area (Å²) in [5, 5.41) is 3.42. The number of piperazine rings is 1. The minimum Gasteiger partial charge on any atom is -0.314 e. The van der Waals surface area contributed by atoms with Gasteiger partial charge in [0.15, 0.2) is 0 Å². The number of hydrogen-bond donors (Lipinski definition) is 1. The van der Waals surface area contributed by atoms with Crippen molar-refractivity contribution in [1.82, 2.24) is 9.62 Å². The van der Waals surface area contributed by atoms with Crippen LogP contribution in [0.5, 0.6) is 0 Å². The third-order valence-electron chi connectivity index (χ3n) is 2.78. The molecule has 1 aliphatic heterocycles. The molecule has 0 aliphatic carbocycles. The number of halogens is 2. The molecule has 4 nitrogen and oxygen atoms in total. The van der Waals surface area contributed by atoms with Crippen molar-refractivity contribution >= 4 is 34.0 Å². The van der Waals surface area contributed by atoms with Gasteiger partial charge in [-0.2, -0.15) is 4.31 Å². The zero-order valence-corrected chi connectivity index (χ0v) is 12.4. The first kappa shape index (κ1) is 15.7. The Balaban J connectivity index is 0.00000162. The molecule has 0 bridgehead atoms. The molecule has 18 heavy (non-hydrogen) atoms. The molecule has 0 atom stereocenters. The zero-order valence-electron chi connectivity index (χ0n) is 10.0. The highest BCUT2D eigenvalue weighted by Gasteiger charge is 2.27. The summed E-state index contributed by atoms with van der Waals surface area (Å²) < 4.78 is 26.1. The van der Waals surface area contributed by atoms with Crippen molar-refractivity contribution in [1.29, 1.82) is 0 Å². The summed E-state index contributed by atoms with van der Waals surface area (Å²) in [5.41, 5.74) is 0.953. The molecule has 1 aliphatic rings. The molecule has 0 aromatic heterocycles. The van der Waals surface area contributed by atoms with Gasteiger partial charge in [-0.3, -0.25) is 0 Å². The average Bonchev–Trinajstić information content (AvgIpc) is 2.29. The van der Waals surface area contributed by atoms with E-state index in [-0.39, 0.29) is 17.3 Å². The fourth-order valence-corrected chi connectivity index (χ4v) is 3.85. The Morgan fingerprint density at radius 1 is 1.28 bits per heavy atom.